The molecule has 1 atom stereocenters. The number of ether oxygens (including phenoxy) is 1. The molecule has 2 amide bonds. The van der Waals surface area contributed by atoms with Crippen LogP contribution in [0.15, 0.2) is 35.2 Å². The minimum atomic E-state index is -1.53. The molecule has 0 aliphatic heterocycles. The standard InChI is InChI=1S/C26H35N5O4S/c1-7-8-23-28-21-10-9-19(13-22(21)29-23)15-30(4)25(33)14-27-24(32)16-31(5)36(34)26-17(2)11-20(35-6)12-18(26)3/h9-13H,7-8,14-16H2,1-6H3,(H,27,32)(H,28,29). The maximum absolute atomic E-state index is 13.0. The zero-order valence-corrected chi connectivity index (χ0v) is 22.6. The van der Waals surface area contributed by atoms with Crippen molar-refractivity contribution in [3.05, 3.63) is 52.8 Å². The first-order valence-electron chi connectivity index (χ1n) is 11.9. The summed E-state index contributed by atoms with van der Waals surface area (Å²) in [5.41, 5.74) is 4.47. The van der Waals surface area contributed by atoms with Gasteiger partial charge in [0.1, 0.15) is 22.6 Å². The van der Waals surface area contributed by atoms with Crippen molar-refractivity contribution in [1.29, 1.82) is 0 Å². The first kappa shape index (κ1) is 27.3. The first-order valence-corrected chi connectivity index (χ1v) is 13.0. The van der Waals surface area contributed by atoms with E-state index in [1.54, 1.807) is 26.1 Å². The van der Waals surface area contributed by atoms with Crippen molar-refractivity contribution >= 4 is 33.8 Å². The Morgan fingerprint density at radius 1 is 1.14 bits per heavy atom. The molecular weight excluding hydrogens is 478 g/mol. The number of carbonyl (C=O) groups excluding carboxylic acids is 2. The summed E-state index contributed by atoms with van der Waals surface area (Å²) in [6.07, 6.45) is 1.91. The Balaban J connectivity index is 1.52. The fraction of sp³-hybridized carbons (Fsp3) is 0.423. The third-order valence-corrected chi connectivity index (χ3v) is 7.55. The topological polar surface area (TPSA) is 108 Å². The molecule has 1 heterocycles. The molecule has 1 aromatic heterocycles. The highest BCUT2D eigenvalue weighted by Crippen LogP contribution is 2.25. The van der Waals surface area contributed by atoms with Gasteiger partial charge in [-0.25, -0.2) is 13.5 Å². The van der Waals surface area contributed by atoms with Crippen LogP contribution in [0.25, 0.3) is 11.0 Å². The number of hydrogen-bond acceptors (Lipinski definition) is 5. The van der Waals surface area contributed by atoms with E-state index in [0.29, 0.717) is 17.2 Å². The second-order valence-electron chi connectivity index (χ2n) is 8.94. The number of fused-ring (bicyclic) bond motifs is 1. The molecule has 194 valence electrons. The Morgan fingerprint density at radius 2 is 1.83 bits per heavy atom. The predicted octanol–water partition coefficient (Wildman–Crippen LogP) is 2.87. The molecule has 0 saturated carbocycles. The molecule has 0 aliphatic carbocycles. The lowest BCUT2D eigenvalue weighted by Crippen LogP contribution is -2.42. The highest BCUT2D eigenvalue weighted by molar-refractivity contribution is 7.82. The number of likely N-dealkylation sites (N-methyl/N-ethyl adjacent to an activating group) is 2. The number of aryl methyl sites for hydroxylation is 3. The van der Waals surface area contributed by atoms with Crippen LogP contribution in [-0.4, -0.2) is 69.5 Å². The Kier molecular flexibility index (Phi) is 9.22. The summed E-state index contributed by atoms with van der Waals surface area (Å²) in [5, 5.41) is 2.64. The molecule has 0 aliphatic rings. The Labute approximate surface area is 214 Å². The van der Waals surface area contributed by atoms with Crippen molar-refractivity contribution in [2.24, 2.45) is 0 Å². The van der Waals surface area contributed by atoms with Crippen molar-refractivity contribution in [2.45, 2.75) is 45.1 Å². The van der Waals surface area contributed by atoms with E-state index in [9.17, 15) is 13.8 Å². The van der Waals surface area contributed by atoms with Gasteiger partial charge in [0, 0.05) is 27.1 Å². The lowest BCUT2D eigenvalue weighted by atomic mass is 10.1. The fourth-order valence-electron chi connectivity index (χ4n) is 4.01. The monoisotopic (exact) mass is 513 g/mol. The second kappa shape index (κ2) is 12.1. The summed E-state index contributed by atoms with van der Waals surface area (Å²) < 4.78 is 19.8. The zero-order chi connectivity index (χ0) is 26.4. The number of nitrogens with one attached hydrogen (secondary N) is 2. The first-order chi connectivity index (χ1) is 17.1. The van der Waals surface area contributed by atoms with E-state index >= 15 is 0 Å². The Hall–Kier alpha value is -3.24. The number of amides is 2. The number of rotatable bonds is 11. The van der Waals surface area contributed by atoms with Crippen molar-refractivity contribution < 1.29 is 18.5 Å². The van der Waals surface area contributed by atoms with E-state index in [4.69, 9.17) is 4.74 Å². The number of aromatic nitrogens is 2. The van der Waals surface area contributed by atoms with Crippen LogP contribution in [0.3, 0.4) is 0 Å². The van der Waals surface area contributed by atoms with Crippen molar-refractivity contribution in [3.8, 4) is 5.75 Å². The average molecular weight is 514 g/mol. The minimum absolute atomic E-state index is 0.106. The number of carbonyl (C=O) groups is 2. The van der Waals surface area contributed by atoms with Crippen molar-refractivity contribution in [2.75, 3.05) is 34.3 Å². The van der Waals surface area contributed by atoms with Gasteiger partial charge >= 0.3 is 0 Å². The average Bonchev–Trinajstić information content (AvgIpc) is 3.23. The van der Waals surface area contributed by atoms with E-state index in [2.05, 4.69) is 22.2 Å². The van der Waals surface area contributed by atoms with Crippen LogP contribution in [0, 0.1) is 13.8 Å². The summed E-state index contributed by atoms with van der Waals surface area (Å²) in [7, 11) is 3.37. The van der Waals surface area contributed by atoms with Crippen molar-refractivity contribution in [1.82, 2.24) is 24.5 Å². The SMILES string of the molecule is CCCc1nc2ccc(CN(C)C(=O)CNC(=O)CN(C)S(=O)c3c(C)cc(OC)cc3C)cc2[nH]1. The molecular formula is C26H35N5O4S. The van der Waals surface area contributed by atoms with Gasteiger partial charge in [-0.15, -0.1) is 0 Å². The van der Waals surface area contributed by atoms with Gasteiger partial charge in [-0.1, -0.05) is 13.0 Å². The maximum Gasteiger partial charge on any atom is 0.242 e. The number of benzene rings is 2. The molecule has 2 aromatic carbocycles. The summed E-state index contributed by atoms with van der Waals surface area (Å²) in [4.78, 5) is 35.2. The fourth-order valence-corrected chi connectivity index (χ4v) is 5.23. The van der Waals surface area contributed by atoms with Crippen LogP contribution >= 0.6 is 0 Å². The quantitative estimate of drug-likeness (QED) is 0.410. The van der Waals surface area contributed by atoms with E-state index in [1.807, 2.05) is 44.2 Å². The van der Waals surface area contributed by atoms with Gasteiger partial charge in [0.25, 0.3) is 0 Å². The smallest absolute Gasteiger partial charge is 0.242 e. The van der Waals surface area contributed by atoms with Crippen LogP contribution in [0.5, 0.6) is 5.75 Å². The van der Waals surface area contributed by atoms with Crippen LogP contribution in [-0.2, 0) is 33.5 Å². The highest BCUT2D eigenvalue weighted by Gasteiger charge is 2.20. The molecule has 0 bridgehead atoms. The van der Waals surface area contributed by atoms with Gasteiger partial charge in [0.15, 0.2) is 0 Å². The third-order valence-electron chi connectivity index (χ3n) is 5.86. The predicted molar refractivity (Wildman–Crippen MR) is 141 cm³/mol. The molecule has 3 aromatic rings. The molecule has 10 heteroatoms. The number of hydrogen-bond donors (Lipinski definition) is 2. The van der Waals surface area contributed by atoms with E-state index in [-0.39, 0.29) is 24.9 Å². The maximum atomic E-state index is 13.0. The summed E-state index contributed by atoms with van der Waals surface area (Å²) in [6, 6.07) is 9.53. The molecule has 1 unspecified atom stereocenters. The molecule has 2 N–H and O–H groups in total. The Bertz CT molecular complexity index is 1250. The van der Waals surface area contributed by atoms with Gasteiger partial charge in [-0.05, 0) is 61.2 Å². The zero-order valence-electron chi connectivity index (χ0n) is 21.8. The molecule has 0 saturated heterocycles. The third kappa shape index (κ3) is 6.70. The van der Waals surface area contributed by atoms with Crippen LogP contribution in [0.2, 0.25) is 0 Å². The number of methoxy groups -OCH3 is 1. The molecule has 36 heavy (non-hydrogen) atoms. The summed E-state index contributed by atoms with van der Waals surface area (Å²) in [6.45, 7) is 6.00. The van der Waals surface area contributed by atoms with E-state index in [0.717, 1.165) is 46.4 Å². The van der Waals surface area contributed by atoms with Gasteiger partial charge in [-0.2, -0.15) is 0 Å². The second-order valence-corrected chi connectivity index (χ2v) is 10.5. The molecule has 9 nitrogen and oxygen atoms in total. The number of imidazole rings is 1. The number of H-pyrrole nitrogens is 1. The summed E-state index contributed by atoms with van der Waals surface area (Å²) >= 11 is 0. The minimum Gasteiger partial charge on any atom is -0.497 e. The number of nitrogens with zero attached hydrogens (tertiary/aromatic N) is 3. The Morgan fingerprint density at radius 3 is 2.47 bits per heavy atom. The molecule has 0 fully saturated rings. The highest BCUT2D eigenvalue weighted by atomic mass is 32.2. The number of aromatic amines is 1. The lowest BCUT2D eigenvalue weighted by Gasteiger charge is -2.20. The summed E-state index contributed by atoms with van der Waals surface area (Å²) in [5.74, 6) is 1.06. The lowest BCUT2D eigenvalue weighted by molar-refractivity contribution is -0.132. The molecule has 0 radical (unpaired) electrons. The normalized spacial score (nSPS) is 12.1. The van der Waals surface area contributed by atoms with Crippen LogP contribution in [0.1, 0.15) is 35.9 Å². The van der Waals surface area contributed by atoms with Gasteiger partial charge in [-0.3, -0.25) is 9.59 Å². The molecule has 3 rings (SSSR count). The van der Waals surface area contributed by atoms with Gasteiger partial charge in [0.2, 0.25) is 11.8 Å². The van der Waals surface area contributed by atoms with E-state index < -0.39 is 11.0 Å². The van der Waals surface area contributed by atoms with Gasteiger partial charge in [0.05, 0.1) is 36.1 Å². The van der Waals surface area contributed by atoms with Crippen molar-refractivity contribution in [3.63, 3.8) is 0 Å². The van der Waals surface area contributed by atoms with Crippen LogP contribution < -0.4 is 10.1 Å². The van der Waals surface area contributed by atoms with E-state index in [1.165, 1.54) is 4.31 Å². The van der Waals surface area contributed by atoms with Crippen LogP contribution in [0.4, 0.5) is 0 Å². The largest absolute Gasteiger partial charge is 0.497 e. The van der Waals surface area contributed by atoms with Gasteiger partial charge < -0.3 is 19.9 Å². The molecule has 0 spiro atoms.